The molecular weight excluding hydrogens is 446 g/mol. The van der Waals surface area contributed by atoms with Crippen LogP contribution in [-0.2, 0) is 11.8 Å². The van der Waals surface area contributed by atoms with E-state index in [4.69, 9.17) is 0 Å². The number of carbonyl (C=O) groups excluding carboxylic acids is 1. The summed E-state index contributed by atoms with van der Waals surface area (Å²) >= 11 is 1.20. The van der Waals surface area contributed by atoms with Crippen molar-refractivity contribution in [2.45, 2.75) is 31.3 Å². The predicted molar refractivity (Wildman–Crippen MR) is 140 cm³/mol. The number of para-hydroxylation sites is 2. The second-order valence-electron chi connectivity index (χ2n) is 8.94. The van der Waals surface area contributed by atoms with Crippen molar-refractivity contribution in [2.24, 2.45) is 7.05 Å². The van der Waals surface area contributed by atoms with Gasteiger partial charge in [-0.3, -0.25) is 14.5 Å². The van der Waals surface area contributed by atoms with E-state index in [9.17, 15) is 9.59 Å². The van der Waals surface area contributed by atoms with Crippen molar-refractivity contribution in [3.8, 4) is 0 Å². The van der Waals surface area contributed by atoms with Gasteiger partial charge in [-0.1, -0.05) is 36.0 Å². The minimum absolute atomic E-state index is 0.0698. The first-order valence-corrected chi connectivity index (χ1v) is 12.8. The molecule has 1 aliphatic rings. The molecule has 3 aromatic rings. The summed E-state index contributed by atoms with van der Waals surface area (Å²) in [6, 6.07) is 16.7. The lowest BCUT2D eigenvalue weighted by Gasteiger charge is -2.41. The van der Waals surface area contributed by atoms with Crippen molar-refractivity contribution in [3.05, 3.63) is 64.4 Å². The van der Waals surface area contributed by atoms with Crippen LogP contribution in [0.4, 0.5) is 5.69 Å². The molecule has 1 N–H and O–H groups in total. The van der Waals surface area contributed by atoms with Gasteiger partial charge in [0.2, 0.25) is 5.91 Å². The Hall–Kier alpha value is -2.84. The molecule has 180 valence electrons. The number of piperazine rings is 1. The van der Waals surface area contributed by atoms with Gasteiger partial charge in [-0.25, -0.2) is 4.98 Å². The van der Waals surface area contributed by atoms with Gasteiger partial charge in [0, 0.05) is 45.0 Å². The molecule has 0 spiro atoms. The number of benzene rings is 2. The van der Waals surface area contributed by atoms with E-state index in [1.54, 1.807) is 11.6 Å². The zero-order valence-corrected chi connectivity index (χ0v) is 21.0. The summed E-state index contributed by atoms with van der Waals surface area (Å²) in [4.78, 5) is 34.2. The van der Waals surface area contributed by atoms with Crippen LogP contribution in [0.15, 0.2) is 58.4 Å². The van der Waals surface area contributed by atoms with Crippen LogP contribution in [0.2, 0.25) is 0 Å². The van der Waals surface area contributed by atoms with Gasteiger partial charge in [-0.15, -0.1) is 0 Å². The van der Waals surface area contributed by atoms with Gasteiger partial charge in [0.05, 0.1) is 16.8 Å². The Balaban J connectivity index is 1.19. The first-order chi connectivity index (χ1) is 16.4. The minimum atomic E-state index is -0.171. The highest BCUT2D eigenvalue weighted by molar-refractivity contribution is 7.99. The van der Waals surface area contributed by atoms with Crippen molar-refractivity contribution in [3.63, 3.8) is 0 Å². The highest BCUT2D eigenvalue weighted by Crippen LogP contribution is 2.21. The Bertz CT molecular complexity index is 1210. The molecule has 0 radical (unpaired) electrons. The zero-order valence-electron chi connectivity index (χ0n) is 20.2. The number of nitrogens with zero attached hydrogens (tertiary/aromatic N) is 4. The number of aromatic nitrogens is 2. The maximum Gasteiger partial charge on any atom is 0.283 e. The molecule has 7 nitrogen and oxygen atoms in total. The molecule has 0 saturated carbocycles. The number of hydrogen-bond donors (Lipinski definition) is 1. The number of thioether (sulfide) groups is 1. The van der Waals surface area contributed by atoms with Crippen LogP contribution in [0.25, 0.3) is 11.0 Å². The number of hydrogen-bond acceptors (Lipinski definition) is 6. The highest BCUT2D eigenvalue weighted by Gasteiger charge is 2.23. The van der Waals surface area contributed by atoms with Crippen LogP contribution in [0.1, 0.15) is 18.9 Å². The third kappa shape index (κ3) is 5.80. The smallest absolute Gasteiger partial charge is 0.283 e. The van der Waals surface area contributed by atoms with E-state index in [1.165, 1.54) is 23.0 Å². The van der Waals surface area contributed by atoms with Crippen molar-refractivity contribution < 1.29 is 4.79 Å². The van der Waals surface area contributed by atoms with E-state index >= 15 is 0 Å². The van der Waals surface area contributed by atoms with E-state index < -0.39 is 0 Å². The fourth-order valence-electron chi connectivity index (χ4n) is 4.49. The fourth-order valence-corrected chi connectivity index (χ4v) is 5.28. The van der Waals surface area contributed by atoms with Gasteiger partial charge in [-0.05, 0) is 56.6 Å². The number of amides is 1. The van der Waals surface area contributed by atoms with Crippen LogP contribution in [0.5, 0.6) is 0 Å². The van der Waals surface area contributed by atoms with E-state index in [0.717, 1.165) is 43.6 Å². The van der Waals surface area contributed by atoms with Crippen LogP contribution >= 0.6 is 11.8 Å². The number of fused-ring (bicyclic) bond motifs is 1. The van der Waals surface area contributed by atoms with Gasteiger partial charge in [-0.2, -0.15) is 0 Å². The Morgan fingerprint density at radius 1 is 1.18 bits per heavy atom. The maximum absolute atomic E-state index is 12.5. The molecule has 4 rings (SSSR count). The molecule has 1 atom stereocenters. The Morgan fingerprint density at radius 3 is 2.79 bits per heavy atom. The van der Waals surface area contributed by atoms with Crippen LogP contribution in [0.3, 0.4) is 0 Å². The first-order valence-electron chi connectivity index (χ1n) is 11.8. The Kier molecular flexibility index (Phi) is 7.90. The second kappa shape index (κ2) is 11.1. The minimum Gasteiger partial charge on any atom is -0.366 e. The number of anilines is 1. The first kappa shape index (κ1) is 24.3. The zero-order chi connectivity index (χ0) is 24.1. The lowest BCUT2D eigenvalue weighted by molar-refractivity contribution is -0.118. The van der Waals surface area contributed by atoms with Crippen molar-refractivity contribution in [2.75, 3.05) is 43.4 Å². The van der Waals surface area contributed by atoms with Gasteiger partial charge >= 0.3 is 0 Å². The van der Waals surface area contributed by atoms with Crippen LogP contribution in [-0.4, -0.2) is 64.9 Å². The molecule has 1 saturated heterocycles. The molecule has 0 unspecified atom stereocenters. The summed E-state index contributed by atoms with van der Waals surface area (Å²) in [5, 5.41) is 3.34. The monoisotopic (exact) mass is 479 g/mol. The van der Waals surface area contributed by atoms with Gasteiger partial charge in [0.25, 0.3) is 5.56 Å². The summed E-state index contributed by atoms with van der Waals surface area (Å²) in [6.45, 7) is 9.07. The number of aryl methyl sites for hydroxylation is 2. The summed E-state index contributed by atoms with van der Waals surface area (Å²) in [7, 11) is 1.73. The van der Waals surface area contributed by atoms with Gasteiger partial charge in [0.15, 0.2) is 5.03 Å². The molecule has 8 heteroatoms. The summed E-state index contributed by atoms with van der Waals surface area (Å²) in [5.74, 6) is 0.118. The fraction of sp³-hybridized carbons (Fsp3) is 0.423. The summed E-state index contributed by atoms with van der Waals surface area (Å²) in [6.07, 6.45) is 0.906. The normalized spacial score (nSPS) is 16.7. The summed E-state index contributed by atoms with van der Waals surface area (Å²) < 4.78 is 1.59. The van der Waals surface area contributed by atoms with Gasteiger partial charge < -0.3 is 14.8 Å². The lowest BCUT2D eigenvalue weighted by Crippen LogP contribution is -2.52. The molecule has 1 fully saturated rings. The van der Waals surface area contributed by atoms with E-state index in [2.05, 4.69) is 58.2 Å². The maximum atomic E-state index is 12.5. The summed E-state index contributed by atoms with van der Waals surface area (Å²) in [5.41, 5.74) is 3.96. The Labute approximate surface area is 205 Å². The van der Waals surface area contributed by atoms with E-state index in [0.29, 0.717) is 17.6 Å². The lowest BCUT2D eigenvalue weighted by atomic mass is 10.1. The molecule has 0 bridgehead atoms. The quantitative estimate of drug-likeness (QED) is 0.396. The molecule has 2 aromatic carbocycles. The molecule has 1 amide bonds. The average Bonchev–Trinajstić information content (AvgIpc) is 2.83. The van der Waals surface area contributed by atoms with Crippen molar-refractivity contribution in [1.82, 2.24) is 19.8 Å². The molecule has 1 aromatic heterocycles. The standard InChI is InChI=1S/C26H33N5O2S/c1-19-8-6-9-21(16-19)31-15-14-30(17-20(31)2)13-7-12-27-24(32)18-34-25-26(33)29(3)23-11-5-4-10-22(23)28-25/h4-6,8-11,16,20H,7,12-15,17-18H2,1-3H3,(H,27,32)/t20-/m1/s1. The molecule has 1 aliphatic heterocycles. The third-order valence-electron chi connectivity index (χ3n) is 6.31. The molecule has 34 heavy (non-hydrogen) atoms. The molecular formula is C26H33N5O2S. The number of rotatable bonds is 8. The van der Waals surface area contributed by atoms with E-state index in [-0.39, 0.29) is 17.2 Å². The van der Waals surface area contributed by atoms with Crippen LogP contribution in [0, 0.1) is 6.92 Å². The number of nitrogens with one attached hydrogen (secondary N) is 1. The average molecular weight is 480 g/mol. The number of carbonyl (C=O) groups is 1. The largest absolute Gasteiger partial charge is 0.366 e. The molecule has 0 aliphatic carbocycles. The second-order valence-corrected chi connectivity index (χ2v) is 9.91. The van der Waals surface area contributed by atoms with Gasteiger partial charge in [0.1, 0.15) is 0 Å². The molecule has 2 heterocycles. The third-order valence-corrected chi connectivity index (χ3v) is 7.26. The highest BCUT2D eigenvalue weighted by atomic mass is 32.2. The van der Waals surface area contributed by atoms with E-state index in [1.807, 2.05) is 24.3 Å². The SMILES string of the molecule is Cc1cccc(N2CCN(CCCNC(=O)CSc3nc4ccccc4n(C)c3=O)C[C@H]2C)c1. The van der Waals surface area contributed by atoms with Crippen molar-refractivity contribution >= 4 is 34.4 Å². The Morgan fingerprint density at radius 2 is 2.00 bits per heavy atom. The topological polar surface area (TPSA) is 70.5 Å². The van der Waals surface area contributed by atoms with Crippen LogP contribution < -0.4 is 15.8 Å². The van der Waals surface area contributed by atoms with Crippen molar-refractivity contribution in [1.29, 1.82) is 0 Å². The predicted octanol–water partition coefficient (Wildman–Crippen LogP) is 3.05.